The average Bonchev–Trinajstić information content (AvgIpc) is 2.17. The van der Waals surface area contributed by atoms with E-state index in [1.54, 1.807) is 6.92 Å². The molecule has 0 aliphatic carbocycles. The number of piperidine rings is 1. The van der Waals surface area contributed by atoms with E-state index in [9.17, 15) is 9.90 Å². The van der Waals surface area contributed by atoms with Crippen molar-refractivity contribution in [1.29, 1.82) is 0 Å². The van der Waals surface area contributed by atoms with Gasteiger partial charge in [-0.1, -0.05) is 6.92 Å². The van der Waals surface area contributed by atoms with Gasteiger partial charge in [-0.3, -0.25) is 4.79 Å². The summed E-state index contributed by atoms with van der Waals surface area (Å²) < 4.78 is 0. The third-order valence-corrected chi connectivity index (χ3v) is 3.41. The molecule has 0 spiro atoms. The summed E-state index contributed by atoms with van der Waals surface area (Å²) in [6.45, 7) is 4.99. The second kappa shape index (κ2) is 4.28. The van der Waals surface area contributed by atoms with Crippen molar-refractivity contribution in [2.75, 3.05) is 13.1 Å². The Labute approximate surface area is 84.3 Å². The van der Waals surface area contributed by atoms with E-state index in [1.807, 2.05) is 6.92 Å². The first-order chi connectivity index (χ1) is 6.52. The minimum absolute atomic E-state index is 0.0438. The molecule has 1 rings (SSSR count). The number of carbonyl (C=O) groups is 1. The fraction of sp³-hybridized carbons (Fsp3) is 0.900. The standard InChI is InChI=1S/C10H19NO3/c1-3-8-6-11-5-4-10(8,14)7(2)9(12)13/h7-8,11,14H,3-6H2,1-2H3,(H,12,13). The Morgan fingerprint density at radius 1 is 1.71 bits per heavy atom. The fourth-order valence-corrected chi connectivity index (χ4v) is 2.23. The molecule has 4 heteroatoms. The minimum atomic E-state index is -1.04. The van der Waals surface area contributed by atoms with Crippen LogP contribution in [-0.2, 0) is 4.79 Å². The number of rotatable bonds is 3. The molecule has 1 aliphatic rings. The molecule has 14 heavy (non-hydrogen) atoms. The average molecular weight is 201 g/mol. The van der Waals surface area contributed by atoms with E-state index >= 15 is 0 Å². The molecule has 1 fully saturated rings. The van der Waals surface area contributed by atoms with Crippen LogP contribution in [0.3, 0.4) is 0 Å². The molecule has 0 aromatic heterocycles. The van der Waals surface area contributed by atoms with Crippen molar-refractivity contribution in [2.45, 2.75) is 32.3 Å². The number of carboxylic acid groups (broad SMARTS) is 1. The van der Waals surface area contributed by atoms with E-state index in [-0.39, 0.29) is 5.92 Å². The van der Waals surface area contributed by atoms with Crippen LogP contribution in [0.15, 0.2) is 0 Å². The quantitative estimate of drug-likeness (QED) is 0.620. The Hall–Kier alpha value is -0.610. The van der Waals surface area contributed by atoms with Gasteiger partial charge in [0.15, 0.2) is 0 Å². The second-order valence-electron chi connectivity index (χ2n) is 4.11. The molecule has 0 saturated carbocycles. The Kier molecular flexibility index (Phi) is 3.50. The second-order valence-corrected chi connectivity index (χ2v) is 4.11. The third-order valence-electron chi connectivity index (χ3n) is 3.41. The van der Waals surface area contributed by atoms with Crippen LogP contribution < -0.4 is 5.32 Å². The summed E-state index contributed by atoms with van der Waals surface area (Å²) in [4.78, 5) is 10.9. The zero-order chi connectivity index (χ0) is 10.8. The van der Waals surface area contributed by atoms with Crippen molar-refractivity contribution in [2.24, 2.45) is 11.8 Å². The van der Waals surface area contributed by atoms with Crippen molar-refractivity contribution >= 4 is 5.97 Å². The van der Waals surface area contributed by atoms with Crippen LogP contribution in [0.1, 0.15) is 26.7 Å². The molecule has 0 radical (unpaired) electrons. The van der Waals surface area contributed by atoms with Crippen molar-refractivity contribution in [3.8, 4) is 0 Å². The summed E-state index contributed by atoms with van der Waals surface area (Å²) in [7, 11) is 0. The Morgan fingerprint density at radius 2 is 2.36 bits per heavy atom. The smallest absolute Gasteiger partial charge is 0.309 e. The first-order valence-electron chi connectivity index (χ1n) is 5.18. The highest BCUT2D eigenvalue weighted by molar-refractivity contribution is 5.71. The highest BCUT2D eigenvalue weighted by atomic mass is 16.4. The summed E-state index contributed by atoms with van der Waals surface area (Å²) in [6.07, 6.45) is 1.33. The van der Waals surface area contributed by atoms with Crippen LogP contribution in [0.4, 0.5) is 0 Å². The van der Waals surface area contributed by atoms with E-state index in [0.717, 1.165) is 6.42 Å². The maximum Gasteiger partial charge on any atom is 0.309 e. The Bertz CT molecular complexity index is 219. The molecule has 1 heterocycles. The first kappa shape index (κ1) is 11.5. The molecule has 3 atom stereocenters. The molecule has 0 bridgehead atoms. The largest absolute Gasteiger partial charge is 0.481 e. The van der Waals surface area contributed by atoms with Crippen LogP contribution in [0, 0.1) is 11.8 Å². The van der Waals surface area contributed by atoms with E-state index in [2.05, 4.69) is 5.32 Å². The van der Waals surface area contributed by atoms with E-state index < -0.39 is 17.5 Å². The van der Waals surface area contributed by atoms with Crippen molar-refractivity contribution < 1.29 is 15.0 Å². The lowest BCUT2D eigenvalue weighted by atomic mass is 9.72. The zero-order valence-electron chi connectivity index (χ0n) is 8.79. The predicted octanol–water partition coefficient (Wildman–Crippen LogP) is 0.458. The molecular formula is C10H19NO3. The van der Waals surface area contributed by atoms with Crippen LogP contribution in [0.2, 0.25) is 0 Å². The SMILES string of the molecule is CCC1CNCCC1(O)C(C)C(=O)O. The van der Waals surface area contributed by atoms with Gasteiger partial charge in [0, 0.05) is 12.5 Å². The molecule has 0 aromatic carbocycles. The van der Waals surface area contributed by atoms with E-state index in [4.69, 9.17) is 5.11 Å². The monoisotopic (exact) mass is 201 g/mol. The molecule has 1 aliphatic heterocycles. The normalized spacial score (nSPS) is 35.2. The summed E-state index contributed by atoms with van der Waals surface area (Å²) in [6, 6.07) is 0. The van der Waals surface area contributed by atoms with Crippen LogP contribution in [0.25, 0.3) is 0 Å². The molecule has 3 N–H and O–H groups in total. The maximum absolute atomic E-state index is 10.9. The number of hydrogen-bond acceptors (Lipinski definition) is 3. The van der Waals surface area contributed by atoms with Crippen LogP contribution in [0.5, 0.6) is 0 Å². The summed E-state index contributed by atoms with van der Waals surface area (Å²) in [5.74, 6) is -1.55. The fourth-order valence-electron chi connectivity index (χ4n) is 2.23. The van der Waals surface area contributed by atoms with Crippen LogP contribution in [-0.4, -0.2) is 34.9 Å². The Balaban J connectivity index is 2.81. The van der Waals surface area contributed by atoms with Gasteiger partial charge in [-0.25, -0.2) is 0 Å². The van der Waals surface area contributed by atoms with Gasteiger partial charge in [0.2, 0.25) is 0 Å². The number of aliphatic carboxylic acids is 1. The molecular weight excluding hydrogens is 182 g/mol. The van der Waals surface area contributed by atoms with Gasteiger partial charge in [-0.15, -0.1) is 0 Å². The van der Waals surface area contributed by atoms with Gasteiger partial charge >= 0.3 is 5.97 Å². The highest BCUT2D eigenvalue weighted by Gasteiger charge is 2.45. The van der Waals surface area contributed by atoms with Gasteiger partial charge in [0.05, 0.1) is 11.5 Å². The predicted molar refractivity (Wildman–Crippen MR) is 53.0 cm³/mol. The van der Waals surface area contributed by atoms with Gasteiger partial charge in [0.1, 0.15) is 0 Å². The van der Waals surface area contributed by atoms with Gasteiger partial charge in [-0.05, 0) is 26.3 Å². The summed E-state index contributed by atoms with van der Waals surface area (Å²) in [5, 5.41) is 22.5. The molecule has 0 amide bonds. The van der Waals surface area contributed by atoms with Gasteiger partial charge < -0.3 is 15.5 Å². The lowest BCUT2D eigenvalue weighted by molar-refractivity contribution is -0.158. The molecule has 1 saturated heterocycles. The van der Waals surface area contributed by atoms with E-state index in [0.29, 0.717) is 19.5 Å². The van der Waals surface area contributed by atoms with E-state index in [1.165, 1.54) is 0 Å². The van der Waals surface area contributed by atoms with Crippen molar-refractivity contribution in [1.82, 2.24) is 5.32 Å². The number of aliphatic hydroxyl groups is 1. The molecule has 3 unspecified atom stereocenters. The van der Waals surface area contributed by atoms with Crippen LogP contribution >= 0.6 is 0 Å². The lowest BCUT2D eigenvalue weighted by Gasteiger charge is -2.42. The molecule has 0 aromatic rings. The highest BCUT2D eigenvalue weighted by Crippen LogP contribution is 2.34. The van der Waals surface area contributed by atoms with Gasteiger partial charge in [0.25, 0.3) is 0 Å². The number of hydrogen-bond donors (Lipinski definition) is 3. The Morgan fingerprint density at radius 3 is 2.86 bits per heavy atom. The minimum Gasteiger partial charge on any atom is -0.481 e. The topological polar surface area (TPSA) is 69.6 Å². The number of nitrogens with one attached hydrogen (secondary N) is 1. The third kappa shape index (κ3) is 1.91. The molecule has 82 valence electrons. The van der Waals surface area contributed by atoms with Crippen molar-refractivity contribution in [3.05, 3.63) is 0 Å². The molecule has 4 nitrogen and oxygen atoms in total. The first-order valence-corrected chi connectivity index (χ1v) is 5.18. The lowest BCUT2D eigenvalue weighted by Crippen LogP contribution is -2.55. The summed E-state index contributed by atoms with van der Waals surface area (Å²) in [5.41, 5.74) is -1.04. The number of carboxylic acids is 1. The van der Waals surface area contributed by atoms with Crippen molar-refractivity contribution in [3.63, 3.8) is 0 Å². The maximum atomic E-state index is 10.9. The zero-order valence-corrected chi connectivity index (χ0v) is 8.79. The summed E-state index contributed by atoms with van der Waals surface area (Å²) >= 11 is 0. The van der Waals surface area contributed by atoms with Gasteiger partial charge in [-0.2, -0.15) is 0 Å².